The molecule has 6 heteroatoms. The topological polar surface area (TPSA) is 84.2 Å². The maximum absolute atomic E-state index is 11.9. The first kappa shape index (κ1) is 15.4. The predicted octanol–water partition coefficient (Wildman–Crippen LogP) is 0.544. The van der Waals surface area contributed by atoms with Crippen LogP contribution in [0.4, 0.5) is 0 Å². The van der Waals surface area contributed by atoms with E-state index in [4.69, 9.17) is 5.11 Å². The molecule has 1 aromatic heterocycles. The van der Waals surface area contributed by atoms with Gasteiger partial charge in [0.05, 0.1) is 12.6 Å². The molecule has 0 aromatic carbocycles. The summed E-state index contributed by atoms with van der Waals surface area (Å²) in [5.41, 5.74) is -0.0122. The summed E-state index contributed by atoms with van der Waals surface area (Å²) in [5, 5.41) is 15.8. The van der Waals surface area contributed by atoms with E-state index in [-0.39, 0.29) is 29.8 Å². The van der Waals surface area contributed by atoms with Gasteiger partial charge in [-0.05, 0) is 18.9 Å². The Kier molecular flexibility index (Phi) is 6.21. The number of carbonyl (C=O) groups excluding carboxylic acids is 1. The lowest BCUT2D eigenvalue weighted by atomic mass is 10.2. The van der Waals surface area contributed by atoms with Crippen LogP contribution < -0.4 is 10.9 Å². The van der Waals surface area contributed by atoms with E-state index in [1.165, 1.54) is 16.8 Å². The van der Waals surface area contributed by atoms with Gasteiger partial charge in [-0.25, -0.2) is 4.68 Å². The van der Waals surface area contributed by atoms with Gasteiger partial charge in [0.2, 0.25) is 0 Å². The summed E-state index contributed by atoms with van der Waals surface area (Å²) in [5.74, 6) is -0.369. The number of aliphatic hydroxyl groups is 1. The fourth-order valence-corrected chi connectivity index (χ4v) is 1.57. The lowest BCUT2D eigenvalue weighted by molar-refractivity contribution is 0.0907. The highest BCUT2D eigenvalue weighted by Gasteiger charge is 2.13. The second-order valence-corrected chi connectivity index (χ2v) is 4.39. The number of amides is 1. The molecule has 0 aliphatic carbocycles. The molecule has 0 bridgehead atoms. The summed E-state index contributed by atoms with van der Waals surface area (Å²) in [4.78, 5) is 23.5. The van der Waals surface area contributed by atoms with Gasteiger partial charge in [-0.3, -0.25) is 9.59 Å². The van der Waals surface area contributed by atoms with Crippen molar-refractivity contribution in [2.24, 2.45) is 0 Å². The fourth-order valence-electron chi connectivity index (χ4n) is 1.57. The van der Waals surface area contributed by atoms with Crippen LogP contribution in [0, 0.1) is 0 Å². The number of carbonyl (C=O) groups is 1. The molecule has 106 valence electrons. The fraction of sp³-hybridized carbons (Fsp3) is 0.615. The van der Waals surface area contributed by atoms with Gasteiger partial charge in [0, 0.05) is 12.6 Å². The number of aromatic nitrogens is 2. The first-order chi connectivity index (χ1) is 9.12. The van der Waals surface area contributed by atoms with Crippen LogP contribution in [0.5, 0.6) is 0 Å². The molecule has 0 aliphatic heterocycles. The van der Waals surface area contributed by atoms with Gasteiger partial charge in [0.1, 0.15) is 5.69 Å². The minimum absolute atomic E-state index is 0.113. The van der Waals surface area contributed by atoms with E-state index in [1.807, 2.05) is 13.8 Å². The first-order valence-corrected chi connectivity index (χ1v) is 6.62. The second-order valence-electron chi connectivity index (χ2n) is 4.39. The molecule has 0 radical (unpaired) electrons. The van der Waals surface area contributed by atoms with E-state index in [0.717, 1.165) is 12.8 Å². The Morgan fingerprint density at radius 1 is 1.47 bits per heavy atom. The smallest absolute Gasteiger partial charge is 0.272 e. The van der Waals surface area contributed by atoms with Crippen molar-refractivity contribution >= 4 is 5.91 Å². The van der Waals surface area contributed by atoms with Gasteiger partial charge < -0.3 is 10.4 Å². The van der Waals surface area contributed by atoms with E-state index in [0.29, 0.717) is 13.0 Å². The molecule has 6 nitrogen and oxygen atoms in total. The monoisotopic (exact) mass is 267 g/mol. The van der Waals surface area contributed by atoms with Gasteiger partial charge in [-0.15, -0.1) is 0 Å². The van der Waals surface area contributed by atoms with Crippen LogP contribution in [0.15, 0.2) is 16.9 Å². The molecular formula is C13H21N3O3. The Labute approximate surface area is 112 Å². The average molecular weight is 267 g/mol. The molecule has 0 saturated heterocycles. The number of nitrogens with zero attached hydrogens (tertiary/aromatic N) is 2. The number of hydrogen-bond acceptors (Lipinski definition) is 4. The third kappa shape index (κ3) is 4.48. The molecule has 2 N–H and O–H groups in total. The van der Waals surface area contributed by atoms with Crippen LogP contribution in [0.25, 0.3) is 0 Å². The summed E-state index contributed by atoms with van der Waals surface area (Å²) in [6.45, 7) is 4.29. The lowest BCUT2D eigenvalue weighted by Gasteiger charge is -2.13. The standard InChI is InChI=1S/C13H21N3O3/c1-3-5-8-16-12(18)7-6-11(15-16)13(19)14-10(4-2)9-17/h6-7,10,17H,3-5,8-9H2,1-2H3,(H,14,19)/t10-/m1/s1. The second kappa shape index (κ2) is 7.68. The number of aryl methyl sites for hydroxylation is 1. The molecule has 0 aliphatic rings. The van der Waals surface area contributed by atoms with Crippen LogP contribution in [-0.4, -0.2) is 33.4 Å². The number of rotatable bonds is 7. The van der Waals surface area contributed by atoms with E-state index in [9.17, 15) is 9.59 Å². The predicted molar refractivity (Wildman–Crippen MR) is 72.0 cm³/mol. The van der Waals surface area contributed by atoms with Crippen molar-refractivity contribution in [3.8, 4) is 0 Å². The minimum atomic E-state index is -0.369. The summed E-state index contributed by atoms with van der Waals surface area (Å²) in [7, 11) is 0. The van der Waals surface area contributed by atoms with Crippen LogP contribution in [0.3, 0.4) is 0 Å². The summed E-state index contributed by atoms with van der Waals surface area (Å²) < 4.78 is 1.30. The van der Waals surface area contributed by atoms with Crippen molar-refractivity contribution in [1.29, 1.82) is 0 Å². The van der Waals surface area contributed by atoms with E-state index < -0.39 is 0 Å². The summed E-state index contributed by atoms with van der Waals surface area (Å²) in [6.07, 6.45) is 2.43. The third-order valence-corrected chi connectivity index (χ3v) is 2.87. The molecule has 1 amide bonds. The zero-order valence-electron chi connectivity index (χ0n) is 11.4. The van der Waals surface area contributed by atoms with Gasteiger partial charge in [-0.2, -0.15) is 5.10 Å². The van der Waals surface area contributed by atoms with Gasteiger partial charge in [-0.1, -0.05) is 20.3 Å². The van der Waals surface area contributed by atoms with Gasteiger partial charge in [0.25, 0.3) is 11.5 Å². The Morgan fingerprint density at radius 3 is 2.79 bits per heavy atom. The number of hydrogen-bond donors (Lipinski definition) is 2. The highest BCUT2D eigenvalue weighted by molar-refractivity contribution is 5.92. The number of aliphatic hydroxyl groups excluding tert-OH is 1. The zero-order valence-corrected chi connectivity index (χ0v) is 11.4. The van der Waals surface area contributed by atoms with Crippen LogP contribution in [-0.2, 0) is 6.54 Å². The maximum Gasteiger partial charge on any atom is 0.272 e. The van der Waals surface area contributed by atoms with Gasteiger partial charge >= 0.3 is 0 Å². The Morgan fingerprint density at radius 2 is 2.21 bits per heavy atom. The van der Waals surface area contributed by atoms with E-state index in [2.05, 4.69) is 10.4 Å². The van der Waals surface area contributed by atoms with Crippen molar-refractivity contribution < 1.29 is 9.90 Å². The molecule has 0 fully saturated rings. The molecule has 1 atom stereocenters. The average Bonchev–Trinajstić information content (AvgIpc) is 2.43. The van der Waals surface area contributed by atoms with Crippen LogP contribution in [0.2, 0.25) is 0 Å². The van der Waals surface area contributed by atoms with Crippen molar-refractivity contribution in [3.63, 3.8) is 0 Å². The largest absolute Gasteiger partial charge is 0.394 e. The van der Waals surface area contributed by atoms with Gasteiger partial charge in [0.15, 0.2) is 0 Å². The normalized spacial score (nSPS) is 12.2. The number of unbranched alkanes of at least 4 members (excludes halogenated alkanes) is 1. The van der Waals surface area contributed by atoms with E-state index >= 15 is 0 Å². The minimum Gasteiger partial charge on any atom is -0.394 e. The first-order valence-electron chi connectivity index (χ1n) is 6.62. The number of nitrogens with one attached hydrogen (secondary N) is 1. The van der Waals surface area contributed by atoms with Crippen LogP contribution in [0.1, 0.15) is 43.6 Å². The molecule has 0 unspecified atom stereocenters. The molecule has 1 rings (SSSR count). The highest BCUT2D eigenvalue weighted by Crippen LogP contribution is 1.96. The molecule has 1 heterocycles. The molecule has 1 aromatic rings. The Balaban J connectivity index is 2.83. The van der Waals surface area contributed by atoms with Crippen molar-refractivity contribution in [1.82, 2.24) is 15.1 Å². The third-order valence-electron chi connectivity index (χ3n) is 2.87. The zero-order chi connectivity index (χ0) is 14.3. The SMILES string of the molecule is CCCCn1nc(C(=O)N[C@H](CC)CO)ccc1=O. The molecule has 0 saturated carbocycles. The highest BCUT2D eigenvalue weighted by atomic mass is 16.3. The van der Waals surface area contributed by atoms with Crippen molar-refractivity contribution in [2.45, 2.75) is 45.7 Å². The van der Waals surface area contributed by atoms with Crippen molar-refractivity contribution in [2.75, 3.05) is 6.61 Å². The summed E-state index contributed by atoms with van der Waals surface area (Å²) >= 11 is 0. The Hall–Kier alpha value is -1.69. The molecule has 19 heavy (non-hydrogen) atoms. The van der Waals surface area contributed by atoms with E-state index in [1.54, 1.807) is 0 Å². The van der Waals surface area contributed by atoms with Crippen LogP contribution >= 0.6 is 0 Å². The lowest BCUT2D eigenvalue weighted by Crippen LogP contribution is -2.38. The molecular weight excluding hydrogens is 246 g/mol. The Bertz CT molecular complexity index is 466. The maximum atomic E-state index is 11.9. The summed E-state index contributed by atoms with van der Waals surface area (Å²) in [6, 6.07) is 2.46. The quantitative estimate of drug-likeness (QED) is 0.755. The van der Waals surface area contributed by atoms with Crippen molar-refractivity contribution in [3.05, 3.63) is 28.2 Å². The molecule has 0 spiro atoms.